The van der Waals surface area contributed by atoms with E-state index in [0.29, 0.717) is 0 Å². The Labute approximate surface area is 117 Å². The van der Waals surface area contributed by atoms with Crippen molar-refractivity contribution < 1.29 is 9.53 Å². The maximum absolute atomic E-state index is 11.3. The van der Waals surface area contributed by atoms with Crippen LogP contribution in [0.5, 0.6) is 0 Å². The van der Waals surface area contributed by atoms with E-state index in [0.717, 1.165) is 35.8 Å². The van der Waals surface area contributed by atoms with E-state index < -0.39 is 0 Å². The molecule has 0 bridgehead atoms. The van der Waals surface area contributed by atoms with E-state index in [9.17, 15) is 4.79 Å². The Hall–Kier alpha value is -1.52. The van der Waals surface area contributed by atoms with E-state index in [4.69, 9.17) is 11.6 Å². The molecule has 0 spiro atoms. The highest BCUT2D eigenvalue weighted by Crippen LogP contribution is 2.23. The lowest BCUT2D eigenvalue weighted by molar-refractivity contribution is -0.134. The average molecular weight is 281 g/mol. The van der Waals surface area contributed by atoms with E-state index >= 15 is 0 Å². The molecule has 1 aromatic carbocycles. The lowest BCUT2D eigenvalue weighted by Crippen LogP contribution is -2.23. The second-order valence-electron chi connectivity index (χ2n) is 4.38. The summed E-state index contributed by atoms with van der Waals surface area (Å²) in [5.41, 5.74) is 2.04. The monoisotopic (exact) mass is 280 g/mol. The molecule has 5 heteroatoms. The Bertz CT molecular complexity index is 471. The molecule has 0 saturated carbocycles. The SMILES string of the molecule is COC(=O)/C=C1/CC(c2ccc(Cl)cc2)NCCN1. The maximum atomic E-state index is 11.3. The normalized spacial score (nSPS) is 21.6. The van der Waals surface area contributed by atoms with Crippen LogP contribution in [0.25, 0.3) is 0 Å². The molecule has 1 unspecified atom stereocenters. The summed E-state index contributed by atoms with van der Waals surface area (Å²) < 4.78 is 4.66. The molecular formula is C14H17ClN2O2. The second-order valence-corrected chi connectivity index (χ2v) is 4.82. The molecule has 0 radical (unpaired) electrons. The molecule has 1 atom stereocenters. The smallest absolute Gasteiger partial charge is 0.332 e. The van der Waals surface area contributed by atoms with Crippen molar-refractivity contribution in [3.8, 4) is 0 Å². The summed E-state index contributed by atoms with van der Waals surface area (Å²) in [6.07, 6.45) is 2.23. The van der Waals surface area contributed by atoms with Crippen molar-refractivity contribution in [3.05, 3.63) is 46.6 Å². The molecule has 0 aliphatic carbocycles. The largest absolute Gasteiger partial charge is 0.466 e. The third-order valence-corrected chi connectivity index (χ3v) is 3.31. The van der Waals surface area contributed by atoms with Crippen LogP contribution in [0.2, 0.25) is 5.02 Å². The predicted octanol–water partition coefficient (Wildman–Crippen LogP) is 2.02. The molecule has 102 valence electrons. The summed E-state index contributed by atoms with van der Waals surface area (Å²) in [6.45, 7) is 1.62. The number of esters is 1. The van der Waals surface area contributed by atoms with Gasteiger partial charge < -0.3 is 15.4 Å². The first-order valence-electron chi connectivity index (χ1n) is 6.20. The zero-order valence-electron chi connectivity index (χ0n) is 10.8. The Balaban J connectivity index is 2.14. The Morgan fingerprint density at radius 2 is 2.11 bits per heavy atom. The van der Waals surface area contributed by atoms with E-state index in [1.54, 1.807) is 0 Å². The summed E-state index contributed by atoms with van der Waals surface area (Å²) in [6, 6.07) is 7.92. The summed E-state index contributed by atoms with van der Waals surface area (Å²) in [4.78, 5) is 11.3. The van der Waals surface area contributed by atoms with Gasteiger partial charge >= 0.3 is 5.97 Å². The van der Waals surface area contributed by atoms with E-state index in [1.807, 2.05) is 24.3 Å². The average Bonchev–Trinajstić information content (AvgIpc) is 2.65. The van der Waals surface area contributed by atoms with Crippen molar-refractivity contribution in [2.75, 3.05) is 20.2 Å². The molecule has 2 rings (SSSR count). The van der Waals surface area contributed by atoms with Crippen molar-refractivity contribution in [3.63, 3.8) is 0 Å². The predicted molar refractivity (Wildman–Crippen MR) is 74.9 cm³/mol. The Morgan fingerprint density at radius 1 is 1.37 bits per heavy atom. The first-order chi connectivity index (χ1) is 9.19. The van der Waals surface area contributed by atoms with Crippen molar-refractivity contribution in [2.45, 2.75) is 12.5 Å². The van der Waals surface area contributed by atoms with E-state index in [1.165, 1.54) is 13.2 Å². The third-order valence-electron chi connectivity index (χ3n) is 3.06. The van der Waals surface area contributed by atoms with Gasteiger partial charge in [0.2, 0.25) is 0 Å². The zero-order valence-corrected chi connectivity index (χ0v) is 11.5. The lowest BCUT2D eigenvalue weighted by atomic mass is 10.0. The van der Waals surface area contributed by atoms with Gasteiger partial charge in [0.05, 0.1) is 7.11 Å². The van der Waals surface area contributed by atoms with Crippen molar-refractivity contribution in [1.29, 1.82) is 0 Å². The first-order valence-corrected chi connectivity index (χ1v) is 6.58. The number of nitrogens with one attached hydrogen (secondary N) is 2. The van der Waals surface area contributed by atoms with Crippen molar-refractivity contribution in [1.82, 2.24) is 10.6 Å². The molecule has 1 saturated heterocycles. The van der Waals surface area contributed by atoms with E-state index in [-0.39, 0.29) is 12.0 Å². The minimum absolute atomic E-state index is 0.170. The second kappa shape index (κ2) is 6.59. The zero-order chi connectivity index (χ0) is 13.7. The first kappa shape index (κ1) is 13.9. The fourth-order valence-corrected chi connectivity index (χ4v) is 2.20. The van der Waals surface area contributed by atoms with Crippen molar-refractivity contribution in [2.24, 2.45) is 0 Å². The number of halogens is 1. The van der Waals surface area contributed by atoms with Gasteiger partial charge in [0.25, 0.3) is 0 Å². The number of ether oxygens (including phenoxy) is 1. The maximum Gasteiger partial charge on any atom is 0.332 e. The number of rotatable bonds is 2. The molecule has 1 aliphatic heterocycles. The molecule has 1 heterocycles. The van der Waals surface area contributed by atoms with Gasteiger partial charge in [-0.15, -0.1) is 0 Å². The van der Waals surface area contributed by atoms with Crippen LogP contribution >= 0.6 is 11.6 Å². The molecule has 19 heavy (non-hydrogen) atoms. The van der Waals surface area contributed by atoms with Crippen LogP contribution in [0.3, 0.4) is 0 Å². The van der Waals surface area contributed by atoms with Gasteiger partial charge in [-0.3, -0.25) is 0 Å². The van der Waals surface area contributed by atoms with Gasteiger partial charge in [0.15, 0.2) is 0 Å². The van der Waals surface area contributed by atoms with Gasteiger partial charge in [0, 0.05) is 42.3 Å². The standard InChI is InChI=1S/C14H17ClN2O2/c1-19-14(18)9-12-8-13(17-7-6-16-12)10-2-4-11(15)5-3-10/h2-5,9,13,16-17H,6-8H2,1H3/b12-9-. The minimum atomic E-state index is -0.334. The fourth-order valence-electron chi connectivity index (χ4n) is 2.08. The van der Waals surface area contributed by atoms with Crippen LogP contribution in [-0.4, -0.2) is 26.2 Å². The van der Waals surface area contributed by atoms with Crippen LogP contribution < -0.4 is 10.6 Å². The summed E-state index contributed by atoms with van der Waals surface area (Å²) in [5, 5.41) is 7.39. The molecule has 1 fully saturated rings. The molecule has 1 aromatic rings. The number of carbonyl (C=O) groups is 1. The Kier molecular flexibility index (Phi) is 4.82. The highest BCUT2D eigenvalue weighted by Gasteiger charge is 2.17. The number of benzene rings is 1. The summed E-state index contributed by atoms with van der Waals surface area (Å²) >= 11 is 5.89. The van der Waals surface area contributed by atoms with Gasteiger partial charge in [-0.25, -0.2) is 4.79 Å². The number of hydrogen-bond donors (Lipinski definition) is 2. The summed E-state index contributed by atoms with van der Waals surface area (Å²) in [7, 11) is 1.38. The molecule has 0 aromatic heterocycles. The van der Waals surface area contributed by atoms with Crippen LogP contribution in [0.1, 0.15) is 18.0 Å². The van der Waals surface area contributed by atoms with Gasteiger partial charge in [-0.2, -0.15) is 0 Å². The van der Waals surface area contributed by atoms with Gasteiger partial charge in [0.1, 0.15) is 0 Å². The molecular weight excluding hydrogens is 264 g/mol. The quantitative estimate of drug-likeness (QED) is 0.643. The minimum Gasteiger partial charge on any atom is -0.466 e. The van der Waals surface area contributed by atoms with Gasteiger partial charge in [-0.1, -0.05) is 23.7 Å². The number of hydrogen-bond acceptors (Lipinski definition) is 4. The van der Waals surface area contributed by atoms with Crippen LogP contribution in [0.15, 0.2) is 36.0 Å². The molecule has 1 aliphatic rings. The van der Waals surface area contributed by atoms with Crippen LogP contribution in [0, 0.1) is 0 Å². The Morgan fingerprint density at radius 3 is 2.79 bits per heavy atom. The highest BCUT2D eigenvalue weighted by molar-refractivity contribution is 6.30. The third kappa shape index (κ3) is 3.98. The fraction of sp³-hybridized carbons (Fsp3) is 0.357. The van der Waals surface area contributed by atoms with Crippen LogP contribution in [-0.2, 0) is 9.53 Å². The topological polar surface area (TPSA) is 50.4 Å². The highest BCUT2D eigenvalue weighted by atomic mass is 35.5. The lowest BCUT2D eigenvalue weighted by Gasteiger charge is -2.16. The molecule has 0 amide bonds. The number of methoxy groups -OCH3 is 1. The number of carbonyl (C=O) groups excluding carboxylic acids is 1. The molecule has 4 nitrogen and oxygen atoms in total. The van der Waals surface area contributed by atoms with Gasteiger partial charge in [-0.05, 0) is 17.7 Å². The molecule has 2 N–H and O–H groups in total. The summed E-state index contributed by atoms with van der Waals surface area (Å²) in [5.74, 6) is -0.334. The van der Waals surface area contributed by atoms with Crippen molar-refractivity contribution >= 4 is 17.6 Å². The van der Waals surface area contributed by atoms with E-state index in [2.05, 4.69) is 15.4 Å². The van der Waals surface area contributed by atoms with Crippen LogP contribution in [0.4, 0.5) is 0 Å².